The molecule has 1 aromatic carbocycles. The molecule has 5 heteroatoms. The Hall–Kier alpha value is -2.43. The number of benzene rings is 1. The summed E-state index contributed by atoms with van der Waals surface area (Å²) in [4.78, 5) is 23.3. The largest absolute Gasteiger partial charge is 0.361 e. The van der Waals surface area contributed by atoms with Crippen molar-refractivity contribution in [3.05, 3.63) is 47.3 Å². The molecule has 0 aliphatic carbocycles. The molecule has 2 rings (SSSR count). The number of carbonyl (C=O) groups is 2. The zero-order valence-corrected chi connectivity index (χ0v) is 10.1. The summed E-state index contributed by atoms with van der Waals surface area (Å²) < 4.78 is 4.82. The molecule has 0 radical (unpaired) electrons. The Morgan fingerprint density at radius 2 is 2.00 bits per heavy atom. The van der Waals surface area contributed by atoms with Gasteiger partial charge in [0.15, 0.2) is 11.5 Å². The van der Waals surface area contributed by atoms with Crippen LogP contribution in [0, 0.1) is 6.92 Å². The number of ketones is 1. The molecule has 0 fully saturated rings. The van der Waals surface area contributed by atoms with Crippen LogP contribution in [0.1, 0.15) is 33.5 Å². The number of hydrogen-bond acceptors (Lipinski definition) is 4. The van der Waals surface area contributed by atoms with Crippen molar-refractivity contribution in [1.29, 1.82) is 0 Å². The molecule has 0 saturated carbocycles. The van der Waals surface area contributed by atoms with Crippen molar-refractivity contribution in [2.24, 2.45) is 0 Å². The van der Waals surface area contributed by atoms with Gasteiger partial charge in [-0.1, -0.05) is 17.3 Å². The van der Waals surface area contributed by atoms with E-state index >= 15 is 0 Å². The second kappa shape index (κ2) is 4.83. The Labute approximate surface area is 104 Å². The van der Waals surface area contributed by atoms with E-state index < -0.39 is 5.91 Å². The molecule has 92 valence electrons. The fourth-order valence-electron chi connectivity index (χ4n) is 1.56. The summed E-state index contributed by atoms with van der Waals surface area (Å²) in [5.74, 6) is 0.0442. The third-order valence-corrected chi connectivity index (χ3v) is 2.42. The van der Waals surface area contributed by atoms with Crippen molar-refractivity contribution in [3.63, 3.8) is 0 Å². The highest BCUT2D eigenvalue weighted by atomic mass is 16.5. The SMILES string of the molecule is CC(=O)c1ccccc1NC(=O)c1cc(C)on1. The van der Waals surface area contributed by atoms with E-state index in [2.05, 4.69) is 10.5 Å². The van der Waals surface area contributed by atoms with E-state index in [0.29, 0.717) is 17.0 Å². The standard InChI is InChI=1S/C13H12N2O3/c1-8-7-12(15-18-8)13(17)14-11-6-4-3-5-10(11)9(2)16/h3-7H,1-2H3,(H,14,17). The van der Waals surface area contributed by atoms with Crippen molar-refractivity contribution >= 4 is 17.4 Å². The summed E-state index contributed by atoms with van der Waals surface area (Å²) >= 11 is 0. The molecule has 0 spiro atoms. The van der Waals surface area contributed by atoms with Crippen LogP contribution in [0.3, 0.4) is 0 Å². The van der Waals surface area contributed by atoms with Gasteiger partial charge in [-0.3, -0.25) is 9.59 Å². The lowest BCUT2D eigenvalue weighted by atomic mass is 10.1. The summed E-state index contributed by atoms with van der Waals surface area (Å²) in [6.45, 7) is 3.15. The molecule has 18 heavy (non-hydrogen) atoms. The highest BCUT2D eigenvalue weighted by molar-refractivity contribution is 6.08. The van der Waals surface area contributed by atoms with Crippen LogP contribution in [0.5, 0.6) is 0 Å². The van der Waals surface area contributed by atoms with Gasteiger partial charge in [-0.15, -0.1) is 0 Å². The Morgan fingerprint density at radius 1 is 1.28 bits per heavy atom. The monoisotopic (exact) mass is 244 g/mol. The van der Waals surface area contributed by atoms with Crippen molar-refractivity contribution in [1.82, 2.24) is 5.16 Å². The van der Waals surface area contributed by atoms with Crippen LogP contribution in [-0.2, 0) is 0 Å². The number of amides is 1. The first kappa shape index (κ1) is 12.0. The molecule has 2 aromatic rings. The van der Waals surface area contributed by atoms with Gasteiger partial charge >= 0.3 is 0 Å². The zero-order valence-electron chi connectivity index (χ0n) is 10.1. The number of anilines is 1. The van der Waals surface area contributed by atoms with Gasteiger partial charge in [-0.2, -0.15) is 0 Å². The predicted octanol–water partition coefficient (Wildman–Crippen LogP) is 2.44. The van der Waals surface area contributed by atoms with Crippen LogP contribution < -0.4 is 5.32 Å². The number of para-hydroxylation sites is 1. The maximum atomic E-state index is 11.9. The summed E-state index contributed by atoms with van der Waals surface area (Å²) in [7, 11) is 0. The lowest BCUT2D eigenvalue weighted by molar-refractivity contribution is 0.101. The average Bonchev–Trinajstić information content (AvgIpc) is 2.76. The van der Waals surface area contributed by atoms with Crippen LogP contribution in [-0.4, -0.2) is 16.8 Å². The molecule has 0 bridgehead atoms. The van der Waals surface area contributed by atoms with E-state index in [4.69, 9.17) is 4.52 Å². The van der Waals surface area contributed by atoms with Gasteiger partial charge in [0.1, 0.15) is 5.76 Å². The van der Waals surface area contributed by atoms with Crippen molar-refractivity contribution in [2.75, 3.05) is 5.32 Å². The van der Waals surface area contributed by atoms with Crippen molar-refractivity contribution < 1.29 is 14.1 Å². The molecule has 0 aliphatic heterocycles. The highest BCUT2D eigenvalue weighted by Gasteiger charge is 2.14. The molecular formula is C13H12N2O3. The molecule has 1 amide bonds. The van der Waals surface area contributed by atoms with Crippen LogP contribution in [0.4, 0.5) is 5.69 Å². The summed E-state index contributed by atoms with van der Waals surface area (Å²) in [6, 6.07) is 8.35. The molecule has 0 atom stereocenters. The molecule has 1 heterocycles. The summed E-state index contributed by atoms with van der Waals surface area (Å²) in [5.41, 5.74) is 1.12. The second-order valence-corrected chi connectivity index (χ2v) is 3.88. The number of hydrogen-bond donors (Lipinski definition) is 1. The zero-order chi connectivity index (χ0) is 13.1. The lowest BCUT2D eigenvalue weighted by Crippen LogP contribution is -2.14. The van der Waals surface area contributed by atoms with Gasteiger partial charge in [-0.05, 0) is 26.0 Å². The molecule has 1 N–H and O–H groups in total. The average molecular weight is 244 g/mol. The number of nitrogens with one attached hydrogen (secondary N) is 1. The van der Waals surface area contributed by atoms with Gasteiger partial charge < -0.3 is 9.84 Å². The minimum Gasteiger partial charge on any atom is -0.361 e. The molecule has 0 aliphatic rings. The molecule has 0 saturated heterocycles. The van der Waals surface area contributed by atoms with E-state index in [-0.39, 0.29) is 11.5 Å². The van der Waals surface area contributed by atoms with Crippen molar-refractivity contribution in [3.8, 4) is 0 Å². The number of rotatable bonds is 3. The Kier molecular flexibility index (Phi) is 3.23. The fraction of sp³-hybridized carbons (Fsp3) is 0.154. The minimum atomic E-state index is -0.402. The Morgan fingerprint density at radius 3 is 2.61 bits per heavy atom. The van der Waals surface area contributed by atoms with Crippen LogP contribution in [0.25, 0.3) is 0 Å². The first-order chi connectivity index (χ1) is 8.58. The van der Waals surface area contributed by atoms with Crippen LogP contribution in [0.15, 0.2) is 34.9 Å². The predicted molar refractivity (Wildman–Crippen MR) is 65.6 cm³/mol. The minimum absolute atomic E-state index is 0.109. The van der Waals surface area contributed by atoms with Gasteiger partial charge in [0.2, 0.25) is 0 Å². The van der Waals surface area contributed by atoms with E-state index in [1.807, 2.05) is 0 Å². The Bertz CT molecular complexity index is 602. The Balaban J connectivity index is 2.24. The third kappa shape index (κ3) is 2.45. The smallest absolute Gasteiger partial charge is 0.277 e. The van der Waals surface area contributed by atoms with Gasteiger partial charge in [0, 0.05) is 11.6 Å². The highest BCUT2D eigenvalue weighted by Crippen LogP contribution is 2.16. The van der Waals surface area contributed by atoms with E-state index in [1.165, 1.54) is 13.0 Å². The van der Waals surface area contributed by atoms with Crippen LogP contribution in [0.2, 0.25) is 0 Å². The number of Topliss-reactive ketones (excluding diaryl/α,β-unsaturated/α-hetero) is 1. The second-order valence-electron chi connectivity index (χ2n) is 3.88. The lowest BCUT2D eigenvalue weighted by Gasteiger charge is -2.06. The van der Waals surface area contributed by atoms with Gasteiger partial charge in [0.05, 0.1) is 5.69 Å². The third-order valence-electron chi connectivity index (χ3n) is 2.42. The number of aryl methyl sites for hydroxylation is 1. The van der Waals surface area contributed by atoms with E-state index in [0.717, 1.165) is 0 Å². The van der Waals surface area contributed by atoms with Gasteiger partial charge in [-0.25, -0.2) is 0 Å². The quantitative estimate of drug-likeness (QED) is 0.841. The first-order valence-electron chi connectivity index (χ1n) is 5.42. The molecular weight excluding hydrogens is 232 g/mol. The maximum Gasteiger partial charge on any atom is 0.277 e. The number of carbonyl (C=O) groups excluding carboxylic acids is 2. The topological polar surface area (TPSA) is 72.2 Å². The van der Waals surface area contributed by atoms with Gasteiger partial charge in [0.25, 0.3) is 5.91 Å². The summed E-state index contributed by atoms with van der Waals surface area (Å²) in [6.07, 6.45) is 0. The van der Waals surface area contributed by atoms with E-state index in [9.17, 15) is 9.59 Å². The molecule has 0 unspecified atom stereocenters. The first-order valence-corrected chi connectivity index (χ1v) is 5.42. The molecule has 5 nitrogen and oxygen atoms in total. The molecule has 1 aromatic heterocycles. The van der Waals surface area contributed by atoms with Crippen LogP contribution >= 0.6 is 0 Å². The number of aromatic nitrogens is 1. The normalized spacial score (nSPS) is 10.1. The maximum absolute atomic E-state index is 11.9. The van der Waals surface area contributed by atoms with Crippen molar-refractivity contribution in [2.45, 2.75) is 13.8 Å². The van der Waals surface area contributed by atoms with E-state index in [1.54, 1.807) is 31.2 Å². The fourth-order valence-corrected chi connectivity index (χ4v) is 1.56. The summed E-state index contributed by atoms with van der Waals surface area (Å²) in [5, 5.41) is 6.25. The number of nitrogens with zero attached hydrogens (tertiary/aromatic N) is 1.